The fourth-order valence-electron chi connectivity index (χ4n) is 2.90. The monoisotopic (exact) mass is 257 g/mol. The molecule has 1 aliphatic carbocycles. The molecule has 2 heteroatoms. The number of aryl methyl sites for hydroxylation is 2. The van der Waals surface area contributed by atoms with Gasteiger partial charge in [0.2, 0.25) is 0 Å². The van der Waals surface area contributed by atoms with Gasteiger partial charge in [-0.2, -0.15) is 0 Å². The lowest BCUT2D eigenvalue weighted by Gasteiger charge is -2.16. The highest BCUT2D eigenvalue weighted by Gasteiger charge is 2.30. The molecule has 0 aliphatic heterocycles. The number of benzene rings is 1. The molecule has 1 saturated carbocycles. The topological polar surface area (TPSA) is 25.2 Å². The van der Waals surface area contributed by atoms with Crippen LogP contribution in [0.4, 0.5) is 0 Å². The molecule has 1 unspecified atom stereocenters. The molecule has 2 nitrogen and oxygen atoms in total. The van der Waals surface area contributed by atoms with Crippen LogP contribution in [0.2, 0.25) is 0 Å². The van der Waals surface area contributed by atoms with Crippen molar-refractivity contribution in [3.05, 3.63) is 35.6 Å². The normalized spacial score (nSPS) is 16.9. The summed E-state index contributed by atoms with van der Waals surface area (Å²) in [4.78, 5) is 0. The standard InChI is InChI=1S/C17H23NO/c1-3-18-16(13-5-6-13)8-7-15-11-14-10-12(2)4-9-17(14)19-15/h4,9-11,13,16,18H,3,5-8H2,1-2H3. The van der Waals surface area contributed by atoms with E-state index in [0.29, 0.717) is 6.04 Å². The molecule has 0 amide bonds. The Hall–Kier alpha value is -1.28. The lowest BCUT2D eigenvalue weighted by atomic mass is 10.1. The molecular formula is C17H23NO. The molecule has 1 aromatic heterocycles. The molecular weight excluding hydrogens is 234 g/mol. The average molecular weight is 257 g/mol. The highest BCUT2D eigenvalue weighted by atomic mass is 16.3. The SMILES string of the molecule is CCNC(CCc1cc2cc(C)ccc2o1)C1CC1. The molecule has 1 heterocycles. The highest BCUT2D eigenvalue weighted by Crippen LogP contribution is 2.34. The lowest BCUT2D eigenvalue weighted by Crippen LogP contribution is -2.31. The third-order valence-corrected chi connectivity index (χ3v) is 4.08. The zero-order chi connectivity index (χ0) is 13.2. The molecule has 2 aromatic rings. The summed E-state index contributed by atoms with van der Waals surface area (Å²) >= 11 is 0. The van der Waals surface area contributed by atoms with Crippen molar-refractivity contribution in [3.8, 4) is 0 Å². The number of furan rings is 1. The molecule has 19 heavy (non-hydrogen) atoms. The first kappa shape index (κ1) is 12.7. The van der Waals surface area contributed by atoms with Gasteiger partial charge in [-0.15, -0.1) is 0 Å². The average Bonchev–Trinajstić information content (AvgIpc) is 3.15. The molecule has 1 fully saturated rings. The number of rotatable bonds is 6. The van der Waals surface area contributed by atoms with Crippen LogP contribution in [0.15, 0.2) is 28.7 Å². The molecule has 0 bridgehead atoms. The van der Waals surface area contributed by atoms with E-state index in [2.05, 4.69) is 43.4 Å². The van der Waals surface area contributed by atoms with Crippen molar-refractivity contribution >= 4 is 11.0 Å². The van der Waals surface area contributed by atoms with Crippen molar-refractivity contribution in [3.63, 3.8) is 0 Å². The van der Waals surface area contributed by atoms with Gasteiger partial charge in [-0.25, -0.2) is 0 Å². The molecule has 0 spiro atoms. The maximum atomic E-state index is 5.92. The van der Waals surface area contributed by atoms with Gasteiger partial charge in [0, 0.05) is 17.8 Å². The molecule has 3 rings (SSSR count). The summed E-state index contributed by atoms with van der Waals surface area (Å²) in [6.07, 6.45) is 5.03. The number of fused-ring (bicyclic) bond motifs is 1. The lowest BCUT2D eigenvalue weighted by molar-refractivity contribution is 0.426. The van der Waals surface area contributed by atoms with Crippen molar-refractivity contribution < 1.29 is 4.42 Å². The largest absolute Gasteiger partial charge is 0.461 e. The molecule has 1 aromatic carbocycles. The molecule has 1 aliphatic rings. The minimum Gasteiger partial charge on any atom is -0.461 e. The van der Waals surface area contributed by atoms with E-state index in [1.807, 2.05) is 0 Å². The van der Waals surface area contributed by atoms with Crippen molar-refractivity contribution in [2.45, 2.75) is 45.6 Å². The maximum absolute atomic E-state index is 5.92. The summed E-state index contributed by atoms with van der Waals surface area (Å²) in [5, 5.41) is 4.85. The van der Waals surface area contributed by atoms with Crippen LogP contribution in [0.25, 0.3) is 11.0 Å². The molecule has 102 valence electrons. The zero-order valence-corrected chi connectivity index (χ0v) is 11.9. The van der Waals surface area contributed by atoms with Crippen LogP contribution in [-0.2, 0) is 6.42 Å². The first-order valence-electron chi connectivity index (χ1n) is 7.48. The molecule has 1 atom stereocenters. The quantitative estimate of drug-likeness (QED) is 0.844. The minimum absolute atomic E-state index is 0.681. The van der Waals surface area contributed by atoms with Gasteiger partial charge in [-0.1, -0.05) is 18.6 Å². The van der Waals surface area contributed by atoms with Gasteiger partial charge in [0.15, 0.2) is 0 Å². The van der Waals surface area contributed by atoms with Crippen molar-refractivity contribution in [1.82, 2.24) is 5.32 Å². The van der Waals surface area contributed by atoms with E-state index < -0.39 is 0 Å². The number of hydrogen-bond donors (Lipinski definition) is 1. The second-order valence-corrected chi connectivity index (χ2v) is 5.79. The summed E-state index contributed by atoms with van der Waals surface area (Å²) in [5.41, 5.74) is 2.32. The molecule has 1 N–H and O–H groups in total. The van der Waals surface area contributed by atoms with E-state index in [-0.39, 0.29) is 0 Å². The third kappa shape index (κ3) is 3.01. The first-order valence-corrected chi connectivity index (χ1v) is 7.48. The third-order valence-electron chi connectivity index (χ3n) is 4.08. The van der Waals surface area contributed by atoms with Gasteiger partial charge >= 0.3 is 0 Å². The Balaban J connectivity index is 1.67. The van der Waals surface area contributed by atoms with Crippen LogP contribution in [0, 0.1) is 12.8 Å². The Labute approximate surface area is 115 Å². The summed E-state index contributed by atoms with van der Waals surface area (Å²) in [6.45, 7) is 5.39. The van der Waals surface area contributed by atoms with Gasteiger partial charge in [-0.05, 0) is 56.8 Å². The fraction of sp³-hybridized carbons (Fsp3) is 0.529. The van der Waals surface area contributed by atoms with E-state index in [0.717, 1.165) is 30.2 Å². The predicted octanol–water partition coefficient (Wildman–Crippen LogP) is 4.06. The Morgan fingerprint density at radius 2 is 2.16 bits per heavy atom. The second-order valence-electron chi connectivity index (χ2n) is 5.79. The zero-order valence-electron chi connectivity index (χ0n) is 11.9. The van der Waals surface area contributed by atoms with E-state index in [1.54, 1.807) is 0 Å². The maximum Gasteiger partial charge on any atom is 0.134 e. The molecule has 0 saturated heterocycles. The second kappa shape index (κ2) is 5.38. The summed E-state index contributed by atoms with van der Waals surface area (Å²) < 4.78 is 5.92. The van der Waals surface area contributed by atoms with Crippen LogP contribution in [0.5, 0.6) is 0 Å². The predicted molar refractivity (Wildman–Crippen MR) is 79.5 cm³/mol. The summed E-state index contributed by atoms with van der Waals surface area (Å²) in [7, 11) is 0. The van der Waals surface area contributed by atoms with Crippen molar-refractivity contribution in [2.24, 2.45) is 5.92 Å². The van der Waals surface area contributed by atoms with E-state index >= 15 is 0 Å². The fourth-order valence-corrected chi connectivity index (χ4v) is 2.90. The van der Waals surface area contributed by atoms with Gasteiger partial charge in [0.1, 0.15) is 11.3 Å². The van der Waals surface area contributed by atoms with Crippen LogP contribution in [-0.4, -0.2) is 12.6 Å². The smallest absolute Gasteiger partial charge is 0.134 e. The minimum atomic E-state index is 0.681. The van der Waals surface area contributed by atoms with Crippen molar-refractivity contribution in [1.29, 1.82) is 0 Å². The van der Waals surface area contributed by atoms with Crippen LogP contribution < -0.4 is 5.32 Å². The van der Waals surface area contributed by atoms with Gasteiger partial charge < -0.3 is 9.73 Å². The Morgan fingerprint density at radius 3 is 2.89 bits per heavy atom. The van der Waals surface area contributed by atoms with E-state index in [1.165, 1.54) is 30.2 Å². The summed E-state index contributed by atoms with van der Waals surface area (Å²) in [5.74, 6) is 2.04. The van der Waals surface area contributed by atoms with Gasteiger partial charge in [0.05, 0.1) is 0 Å². The van der Waals surface area contributed by atoms with Crippen LogP contribution >= 0.6 is 0 Å². The Morgan fingerprint density at radius 1 is 1.32 bits per heavy atom. The summed E-state index contributed by atoms with van der Waals surface area (Å²) in [6, 6.07) is 9.28. The Kier molecular flexibility index (Phi) is 3.61. The van der Waals surface area contributed by atoms with Crippen LogP contribution in [0.3, 0.4) is 0 Å². The number of hydrogen-bond acceptors (Lipinski definition) is 2. The van der Waals surface area contributed by atoms with Gasteiger partial charge in [-0.3, -0.25) is 0 Å². The number of nitrogens with one attached hydrogen (secondary N) is 1. The first-order chi connectivity index (χ1) is 9.26. The van der Waals surface area contributed by atoms with Crippen LogP contribution in [0.1, 0.15) is 37.5 Å². The van der Waals surface area contributed by atoms with Gasteiger partial charge in [0.25, 0.3) is 0 Å². The molecule has 0 radical (unpaired) electrons. The van der Waals surface area contributed by atoms with Crippen molar-refractivity contribution in [2.75, 3.05) is 6.54 Å². The van der Waals surface area contributed by atoms with E-state index in [9.17, 15) is 0 Å². The van der Waals surface area contributed by atoms with E-state index in [4.69, 9.17) is 4.42 Å². The highest BCUT2D eigenvalue weighted by molar-refractivity contribution is 5.78. The Bertz CT molecular complexity index is 553.